The number of benzene rings is 2. The van der Waals surface area contributed by atoms with Gasteiger partial charge in [-0.3, -0.25) is 4.79 Å². The molecule has 0 radical (unpaired) electrons. The number of nitrogens with zero attached hydrogens (tertiary/aromatic N) is 3. The lowest BCUT2D eigenvalue weighted by atomic mass is 10.1. The van der Waals surface area contributed by atoms with Gasteiger partial charge in [-0.1, -0.05) is 17.7 Å². The summed E-state index contributed by atoms with van der Waals surface area (Å²) in [6.45, 7) is 8.12. The summed E-state index contributed by atoms with van der Waals surface area (Å²) in [5, 5.41) is 8.37. The van der Waals surface area contributed by atoms with Gasteiger partial charge >= 0.3 is 0 Å². The molecule has 29 heavy (non-hydrogen) atoms. The molecule has 0 bridgehead atoms. The van der Waals surface area contributed by atoms with Crippen LogP contribution in [0.3, 0.4) is 0 Å². The highest BCUT2D eigenvalue weighted by Gasteiger charge is 2.19. The second kappa shape index (κ2) is 7.91. The lowest BCUT2D eigenvalue weighted by Crippen LogP contribution is -2.19. The number of carbonyl (C=O) groups is 1. The molecule has 1 aliphatic heterocycles. The number of likely N-dealkylation sites (N-methyl/N-ethyl adjacent to an activating group) is 1. The third-order valence-electron chi connectivity index (χ3n) is 5.59. The average Bonchev–Trinajstić information content (AvgIpc) is 3.24. The Balaban J connectivity index is 1.51. The van der Waals surface area contributed by atoms with Gasteiger partial charge in [-0.15, -0.1) is 0 Å². The van der Waals surface area contributed by atoms with Gasteiger partial charge in [0.15, 0.2) is 0 Å². The molecule has 1 aliphatic rings. The first-order valence-electron chi connectivity index (χ1n) is 9.95. The average molecular weight is 409 g/mol. The maximum Gasteiger partial charge on any atom is 0.228 e. The molecule has 150 valence electrons. The molecule has 4 rings (SSSR count). The Bertz CT molecular complexity index is 1060. The summed E-state index contributed by atoms with van der Waals surface area (Å²) in [5.41, 5.74) is 7.13. The van der Waals surface area contributed by atoms with Crippen LogP contribution in [0.15, 0.2) is 42.5 Å². The number of hydrogen-bond donors (Lipinski definition) is 1. The van der Waals surface area contributed by atoms with Gasteiger partial charge < -0.3 is 10.2 Å². The fourth-order valence-electron chi connectivity index (χ4n) is 3.98. The standard InChI is InChI=1S/C23H25ClN4O/c1-4-27-12-11-17-5-8-19(13-22(17)27)25-23(29)14-21-15(2)26-28(16(21)3)20-9-6-18(24)7-10-20/h5-10,13H,4,11-12,14H2,1-3H3,(H,25,29). The van der Waals surface area contributed by atoms with E-state index in [1.54, 1.807) is 0 Å². The van der Waals surface area contributed by atoms with Crippen molar-refractivity contribution in [3.8, 4) is 5.69 Å². The van der Waals surface area contributed by atoms with Crippen LogP contribution in [-0.2, 0) is 17.6 Å². The minimum absolute atomic E-state index is 0.0344. The summed E-state index contributed by atoms with van der Waals surface area (Å²) < 4.78 is 1.86. The zero-order valence-electron chi connectivity index (χ0n) is 17.0. The van der Waals surface area contributed by atoms with Gasteiger partial charge in [0.1, 0.15) is 0 Å². The fraction of sp³-hybridized carbons (Fsp3) is 0.304. The van der Waals surface area contributed by atoms with E-state index in [4.69, 9.17) is 11.6 Å². The van der Waals surface area contributed by atoms with Crippen molar-refractivity contribution in [2.45, 2.75) is 33.6 Å². The van der Waals surface area contributed by atoms with Gasteiger partial charge in [-0.2, -0.15) is 5.10 Å². The molecular formula is C23H25ClN4O. The summed E-state index contributed by atoms with van der Waals surface area (Å²) in [5.74, 6) is -0.0344. The van der Waals surface area contributed by atoms with E-state index in [0.717, 1.165) is 47.8 Å². The van der Waals surface area contributed by atoms with E-state index in [0.29, 0.717) is 11.4 Å². The Morgan fingerprint density at radius 1 is 1.17 bits per heavy atom. The molecule has 0 aliphatic carbocycles. The fourth-order valence-corrected chi connectivity index (χ4v) is 4.11. The quantitative estimate of drug-likeness (QED) is 0.665. The second-order valence-electron chi connectivity index (χ2n) is 7.44. The lowest BCUT2D eigenvalue weighted by molar-refractivity contribution is -0.115. The predicted octanol–water partition coefficient (Wildman–Crippen LogP) is 4.71. The summed E-state index contributed by atoms with van der Waals surface area (Å²) in [6.07, 6.45) is 1.36. The highest BCUT2D eigenvalue weighted by molar-refractivity contribution is 6.30. The number of aromatic nitrogens is 2. The van der Waals surface area contributed by atoms with Gasteiger partial charge in [0.05, 0.1) is 17.8 Å². The highest BCUT2D eigenvalue weighted by atomic mass is 35.5. The number of fused-ring (bicyclic) bond motifs is 1. The Morgan fingerprint density at radius 2 is 1.93 bits per heavy atom. The summed E-state index contributed by atoms with van der Waals surface area (Å²) in [6, 6.07) is 13.7. The molecule has 2 heterocycles. The molecule has 1 aromatic heterocycles. The first-order chi connectivity index (χ1) is 14.0. The molecule has 5 nitrogen and oxygen atoms in total. The van der Waals surface area contributed by atoms with Crippen molar-refractivity contribution in [3.05, 3.63) is 70.0 Å². The van der Waals surface area contributed by atoms with Crippen molar-refractivity contribution in [1.29, 1.82) is 0 Å². The molecule has 1 amide bonds. The first kappa shape index (κ1) is 19.5. The van der Waals surface area contributed by atoms with Crippen molar-refractivity contribution in [2.24, 2.45) is 0 Å². The van der Waals surface area contributed by atoms with Gasteiger partial charge in [0, 0.05) is 40.7 Å². The van der Waals surface area contributed by atoms with Crippen LogP contribution in [0.5, 0.6) is 0 Å². The Morgan fingerprint density at radius 3 is 2.66 bits per heavy atom. The monoisotopic (exact) mass is 408 g/mol. The Labute approximate surface area is 176 Å². The Kier molecular flexibility index (Phi) is 5.33. The number of halogens is 1. The molecule has 6 heteroatoms. The topological polar surface area (TPSA) is 50.2 Å². The molecule has 1 N–H and O–H groups in total. The molecule has 0 spiro atoms. The van der Waals surface area contributed by atoms with E-state index < -0.39 is 0 Å². The van der Waals surface area contributed by atoms with Crippen LogP contribution in [0.2, 0.25) is 5.02 Å². The summed E-state index contributed by atoms with van der Waals surface area (Å²) in [7, 11) is 0. The third kappa shape index (κ3) is 3.87. The van der Waals surface area contributed by atoms with E-state index in [-0.39, 0.29) is 5.91 Å². The molecular weight excluding hydrogens is 384 g/mol. The molecule has 2 aromatic carbocycles. The van der Waals surface area contributed by atoms with Crippen molar-refractivity contribution >= 4 is 28.9 Å². The maximum absolute atomic E-state index is 12.7. The van der Waals surface area contributed by atoms with E-state index in [2.05, 4.69) is 34.4 Å². The molecule has 3 aromatic rings. The van der Waals surface area contributed by atoms with E-state index in [1.807, 2.05) is 48.9 Å². The second-order valence-corrected chi connectivity index (χ2v) is 7.87. The van der Waals surface area contributed by atoms with Crippen LogP contribution in [0.1, 0.15) is 29.4 Å². The number of rotatable bonds is 5. The van der Waals surface area contributed by atoms with E-state index in [9.17, 15) is 4.79 Å². The number of amides is 1. The van der Waals surface area contributed by atoms with Crippen molar-refractivity contribution in [1.82, 2.24) is 9.78 Å². The maximum atomic E-state index is 12.7. The zero-order chi connectivity index (χ0) is 20.5. The first-order valence-corrected chi connectivity index (χ1v) is 10.3. The molecule has 0 saturated heterocycles. The summed E-state index contributed by atoms with van der Waals surface area (Å²) in [4.78, 5) is 15.1. The highest BCUT2D eigenvalue weighted by Crippen LogP contribution is 2.30. The normalized spacial score (nSPS) is 12.9. The van der Waals surface area contributed by atoms with Gasteiger partial charge in [-0.05, 0) is 69.2 Å². The number of nitrogens with one attached hydrogen (secondary N) is 1. The predicted molar refractivity (Wildman–Crippen MR) is 118 cm³/mol. The molecule has 0 unspecified atom stereocenters. The number of carbonyl (C=O) groups excluding carboxylic acids is 1. The molecule has 0 fully saturated rings. The largest absolute Gasteiger partial charge is 0.371 e. The van der Waals surface area contributed by atoms with Gasteiger partial charge in [-0.25, -0.2) is 4.68 Å². The number of hydrogen-bond acceptors (Lipinski definition) is 3. The lowest BCUT2D eigenvalue weighted by Gasteiger charge is -2.17. The van der Waals surface area contributed by atoms with Crippen molar-refractivity contribution in [3.63, 3.8) is 0 Å². The Hall–Kier alpha value is -2.79. The van der Waals surface area contributed by atoms with Crippen LogP contribution < -0.4 is 10.2 Å². The third-order valence-corrected chi connectivity index (χ3v) is 5.84. The minimum atomic E-state index is -0.0344. The number of aryl methyl sites for hydroxylation is 1. The van der Waals surface area contributed by atoms with Gasteiger partial charge in [0.25, 0.3) is 0 Å². The number of anilines is 2. The van der Waals surface area contributed by atoms with Crippen LogP contribution >= 0.6 is 11.6 Å². The van der Waals surface area contributed by atoms with Crippen LogP contribution in [0, 0.1) is 13.8 Å². The van der Waals surface area contributed by atoms with E-state index >= 15 is 0 Å². The molecule has 0 atom stereocenters. The minimum Gasteiger partial charge on any atom is -0.371 e. The van der Waals surface area contributed by atoms with E-state index in [1.165, 1.54) is 11.3 Å². The zero-order valence-corrected chi connectivity index (χ0v) is 17.8. The van der Waals surface area contributed by atoms with Gasteiger partial charge in [0.2, 0.25) is 5.91 Å². The van der Waals surface area contributed by atoms with Crippen LogP contribution in [-0.4, -0.2) is 28.8 Å². The van der Waals surface area contributed by atoms with Crippen LogP contribution in [0.4, 0.5) is 11.4 Å². The summed E-state index contributed by atoms with van der Waals surface area (Å²) >= 11 is 5.99. The van der Waals surface area contributed by atoms with Crippen molar-refractivity contribution < 1.29 is 4.79 Å². The molecule has 0 saturated carbocycles. The van der Waals surface area contributed by atoms with Crippen LogP contribution in [0.25, 0.3) is 5.69 Å². The smallest absolute Gasteiger partial charge is 0.228 e. The SMILES string of the molecule is CCN1CCc2ccc(NC(=O)Cc3c(C)nn(-c4ccc(Cl)cc4)c3C)cc21. The van der Waals surface area contributed by atoms with Crippen molar-refractivity contribution in [2.75, 3.05) is 23.3 Å².